The molecule has 0 unspecified atom stereocenters. The average molecular weight is 223 g/mol. The van der Waals surface area contributed by atoms with Crippen LogP contribution in [0.3, 0.4) is 0 Å². The first-order valence-corrected chi connectivity index (χ1v) is 0. The van der Waals surface area contributed by atoms with Gasteiger partial charge in [0.2, 0.25) is 0 Å². The molecule has 2 radical (unpaired) electrons. The van der Waals surface area contributed by atoms with Gasteiger partial charge in [-0.2, -0.15) is 0 Å². The largest absolute Gasteiger partial charge is 2.00 e. The molecular formula is H3CaCoLiMnNi. The summed E-state index contributed by atoms with van der Waals surface area (Å²) in [6.07, 6.45) is 0. The Morgan fingerprint density at radius 1 is 1.20 bits per heavy atom. The summed E-state index contributed by atoms with van der Waals surface area (Å²) >= 11 is 0. The fraction of sp³-hybridized carbons (Fsp3) is 0. The van der Waals surface area contributed by atoms with Crippen LogP contribution in [0.4, 0.5) is 0 Å². The standard InChI is InChI=1S/Ca.Co.Li.Mn.Ni.3H/q+2;;+1;;;3*-1. The Morgan fingerprint density at radius 2 is 1.20 bits per heavy atom. The van der Waals surface area contributed by atoms with E-state index in [9.17, 15) is 0 Å². The predicted molar refractivity (Wildman–Crippen MR) is 9.09 cm³/mol. The molecule has 0 aliphatic heterocycles. The molecule has 0 fully saturated rings. The van der Waals surface area contributed by atoms with Crippen LogP contribution in [0.5, 0.6) is 0 Å². The molecule has 5 heavy (non-hydrogen) atoms. The summed E-state index contributed by atoms with van der Waals surface area (Å²) in [5, 5.41) is 0. The van der Waals surface area contributed by atoms with Crippen molar-refractivity contribution in [1.29, 1.82) is 0 Å². The van der Waals surface area contributed by atoms with Gasteiger partial charge in [0.05, 0.1) is 0 Å². The second-order valence-electron chi connectivity index (χ2n) is 0. The van der Waals surface area contributed by atoms with Gasteiger partial charge in [0, 0.05) is 50.3 Å². The monoisotopic (exact) mass is 222 g/mol. The molecule has 0 spiro atoms. The van der Waals surface area contributed by atoms with E-state index in [1.165, 1.54) is 0 Å². The van der Waals surface area contributed by atoms with E-state index in [1.54, 1.807) is 0 Å². The summed E-state index contributed by atoms with van der Waals surface area (Å²) in [6.45, 7) is 0. The molecule has 0 aliphatic rings. The van der Waals surface area contributed by atoms with Gasteiger partial charge in [-0.3, -0.25) is 0 Å². The van der Waals surface area contributed by atoms with E-state index in [0.717, 1.165) is 0 Å². The van der Waals surface area contributed by atoms with Crippen molar-refractivity contribution in [3.8, 4) is 0 Å². The van der Waals surface area contributed by atoms with Crippen molar-refractivity contribution in [1.82, 2.24) is 0 Å². The Balaban J connectivity index is 0. The fourth-order valence-electron chi connectivity index (χ4n) is 0. The summed E-state index contributed by atoms with van der Waals surface area (Å²) in [6, 6.07) is 0. The maximum absolute atomic E-state index is 0. The van der Waals surface area contributed by atoms with Crippen LogP contribution < -0.4 is 18.9 Å². The second kappa shape index (κ2) is 26.3. The third-order valence-corrected chi connectivity index (χ3v) is 0. The molecule has 0 aliphatic carbocycles. The Hall–Kier alpha value is 3.38. The number of rotatable bonds is 0. The zero-order valence-corrected chi connectivity index (χ0v) is 8.15. The summed E-state index contributed by atoms with van der Waals surface area (Å²) in [5.74, 6) is 0. The van der Waals surface area contributed by atoms with Gasteiger partial charge in [-0.15, -0.1) is 0 Å². The minimum absolute atomic E-state index is 0. The Morgan fingerprint density at radius 3 is 1.20 bits per heavy atom. The minimum Gasteiger partial charge on any atom is -1.00 e. The number of hydrogen-bond acceptors (Lipinski definition) is 0. The van der Waals surface area contributed by atoms with Crippen LogP contribution in [0.25, 0.3) is 0 Å². The van der Waals surface area contributed by atoms with Crippen LogP contribution >= 0.6 is 0 Å². The van der Waals surface area contributed by atoms with Crippen LogP contribution in [0.1, 0.15) is 4.28 Å². The summed E-state index contributed by atoms with van der Waals surface area (Å²) < 4.78 is 0. The van der Waals surface area contributed by atoms with Gasteiger partial charge in [-0.1, -0.05) is 0 Å². The van der Waals surface area contributed by atoms with E-state index >= 15 is 0 Å². The Kier molecular flexibility index (Phi) is 210. The Bertz CT molecular complexity index is 19.2. The van der Waals surface area contributed by atoms with Gasteiger partial charge in [0.15, 0.2) is 0 Å². The molecule has 0 heterocycles. The van der Waals surface area contributed by atoms with Gasteiger partial charge >= 0.3 is 56.6 Å². The molecule has 0 atom stereocenters. The molecule has 0 saturated heterocycles. The third kappa shape index (κ3) is 18.7. The Labute approximate surface area is 109 Å². The maximum Gasteiger partial charge on any atom is 2.00 e. The molecule has 0 aromatic carbocycles. The maximum atomic E-state index is 0. The van der Waals surface area contributed by atoms with E-state index in [2.05, 4.69) is 0 Å². The molecule has 0 bridgehead atoms. The molecule has 5 heteroatoms. The van der Waals surface area contributed by atoms with Crippen LogP contribution in [-0.4, -0.2) is 37.7 Å². The van der Waals surface area contributed by atoms with E-state index in [1.807, 2.05) is 0 Å². The molecule has 32 valence electrons. The smallest absolute Gasteiger partial charge is 1.00 e. The van der Waals surface area contributed by atoms with Crippen LogP contribution in [0.2, 0.25) is 0 Å². The van der Waals surface area contributed by atoms with Crippen LogP contribution in [0.15, 0.2) is 0 Å². The predicted octanol–water partition coefficient (Wildman–Crippen LogP) is -3.05. The SMILES string of the molecule is [Ca+2].[Co].[H-].[H-].[H-].[Li+].[Mn].[Ni]. The van der Waals surface area contributed by atoms with Crippen LogP contribution in [-0.2, 0) is 50.3 Å². The molecule has 0 N–H and O–H groups in total. The fourth-order valence-corrected chi connectivity index (χ4v) is 0. The van der Waals surface area contributed by atoms with E-state index in [-0.39, 0.29) is 111 Å². The molecule has 0 rings (SSSR count). The second-order valence-corrected chi connectivity index (χ2v) is 0. The normalized spacial score (nSPS) is 0. The third-order valence-electron chi connectivity index (χ3n) is 0. The molecule has 0 aromatic heterocycles. The van der Waals surface area contributed by atoms with Crippen molar-refractivity contribution < 1.29 is 73.5 Å². The van der Waals surface area contributed by atoms with Crippen molar-refractivity contribution >= 4 is 37.7 Å². The van der Waals surface area contributed by atoms with Gasteiger partial charge in [0.1, 0.15) is 0 Å². The molecular weight excluding hydrogens is 220 g/mol. The summed E-state index contributed by atoms with van der Waals surface area (Å²) in [4.78, 5) is 0. The van der Waals surface area contributed by atoms with Gasteiger partial charge in [-0.25, -0.2) is 0 Å². The van der Waals surface area contributed by atoms with Crippen molar-refractivity contribution in [3.05, 3.63) is 0 Å². The average Bonchev–Trinajstić information content (AvgIpc) is 0. The van der Waals surface area contributed by atoms with Crippen molar-refractivity contribution in [2.45, 2.75) is 0 Å². The van der Waals surface area contributed by atoms with Crippen molar-refractivity contribution in [3.63, 3.8) is 0 Å². The minimum atomic E-state index is 0. The topological polar surface area (TPSA) is 0 Å². The van der Waals surface area contributed by atoms with E-state index in [4.69, 9.17) is 0 Å². The van der Waals surface area contributed by atoms with Crippen LogP contribution in [0, 0.1) is 0 Å². The van der Waals surface area contributed by atoms with E-state index in [0.29, 0.717) is 0 Å². The first kappa shape index (κ1) is 40.0. The van der Waals surface area contributed by atoms with Gasteiger partial charge in [0.25, 0.3) is 0 Å². The number of hydrogen-bond donors (Lipinski definition) is 0. The van der Waals surface area contributed by atoms with Crippen molar-refractivity contribution in [2.75, 3.05) is 0 Å². The zero-order valence-electron chi connectivity index (χ0n) is 5.73. The first-order valence-electron chi connectivity index (χ1n) is 0. The van der Waals surface area contributed by atoms with Gasteiger partial charge < -0.3 is 4.28 Å². The summed E-state index contributed by atoms with van der Waals surface area (Å²) in [7, 11) is 0. The molecule has 0 amide bonds. The first-order chi connectivity index (χ1) is 0. The zero-order chi connectivity index (χ0) is 0. The quantitative estimate of drug-likeness (QED) is 0.382. The van der Waals surface area contributed by atoms with E-state index < -0.39 is 0 Å². The summed E-state index contributed by atoms with van der Waals surface area (Å²) in [5.41, 5.74) is 0. The molecule has 0 nitrogen and oxygen atoms in total. The van der Waals surface area contributed by atoms with Gasteiger partial charge in [-0.05, 0) is 0 Å². The molecule has 0 aromatic rings. The molecule has 0 saturated carbocycles. The van der Waals surface area contributed by atoms with Crippen molar-refractivity contribution in [2.24, 2.45) is 0 Å².